The van der Waals surface area contributed by atoms with Crippen LogP contribution in [0.5, 0.6) is 5.75 Å². The van der Waals surface area contributed by atoms with Gasteiger partial charge in [-0.25, -0.2) is 0 Å². The van der Waals surface area contributed by atoms with Crippen molar-refractivity contribution in [2.75, 3.05) is 10.6 Å². The van der Waals surface area contributed by atoms with Crippen LogP contribution in [0.1, 0.15) is 11.1 Å². The quantitative estimate of drug-likeness (QED) is 0.304. The molecule has 0 saturated carbocycles. The summed E-state index contributed by atoms with van der Waals surface area (Å²) in [5.74, 6) is 0.284. The standard InChI is InChI=1S/C24H22N2O/c27-24-21-14-8-7-13-20(21)22(25-16-18-9-3-1-4-10-18)15-23(24)26-17-19-11-5-2-6-12-19/h1-15,25-27H,16-17H2. The van der Waals surface area contributed by atoms with Gasteiger partial charge in [0.1, 0.15) is 5.75 Å². The molecule has 4 rings (SSSR count). The maximum Gasteiger partial charge on any atom is 0.146 e. The Morgan fingerprint density at radius 3 is 1.63 bits per heavy atom. The molecule has 0 bridgehead atoms. The Balaban J connectivity index is 1.64. The summed E-state index contributed by atoms with van der Waals surface area (Å²) in [6.07, 6.45) is 0. The molecule has 0 saturated heterocycles. The highest BCUT2D eigenvalue weighted by Gasteiger charge is 2.11. The van der Waals surface area contributed by atoms with Gasteiger partial charge in [0, 0.05) is 29.5 Å². The first-order valence-corrected chi connectivity index (χ1v) is 9.11. The molecule has 27 heavy (non-hydrogen) atoms. The van der Waals surface area contributed by atoms with Crippen molar-refractivity contribution >= 4 is 22.1 Å². The number of benzene rings is 4. The van der Waals surface area contributed by atoms with E-state index in [9.17, 15) is 5.11 Å². The summed E-state index contributed by atoms with van der Waals surface area (Å²) in [5, 5.41) is 19.5. The van der Waals surface area contributed by atoms with Crippen molar-refractivity contribution in [2.24, 2.45) is 0 Å². The Morgan fingerprint density at radius 1 is 0.556 bits per heavy atom. The van der Waals surface area contributed by atoms with Gasteiger partial charge in [-0.15, -0.1) is 0 Å². The second kappa shape index (κ2) is 7.83. The predicted octanol–water partition coefficient (Wildman–Crippen LogP) is 5.77. The van der Waals surface area contributed by atoms with Gasteiger partial charge < -0.3 is 15.7 Å². The molecule has 0 aliphatic carbocycles. The molecule has 4 aromatic carbocycles. The van der Waals surface area contributed by atoms with Crippen LogP contribution in [0.25, 0.3) is 10.8 Å². The molecule has 3 nitrogen and oxygen atoms in total. The van der Waals surface area contributed by atoms with Gasteiger partial charge in [0.25, 0.3) is 0 Å². The largest absolute Gasteiger partial charge is 0.505 e. The van der Waals surface area contributed by atoms with E-state index >= 15 is 0 Å². The van der Waals surface area contributed by atoms with Crippen molar-refractivity contribution in [3.05, 3.63) is 102 Å². The topological polar surface area (TPSA) is 44.3 Å². The van der Waals surface area contributed by atoms with E-state index in [1.807, 2.05) is 66.7 Å². The lowest BCUT2D eigenvalue weighted by Gasteiger charge is -2.16. The van der Waals surface area contributed by atoms with E-state index < -0.39 is 0 Å². The van der Waals surface area contributed by atoms with Gasteiger partial charge in [0.15, 0.2) is 0 Å². The van der Waals surface area contributed by atoms with E-state index in [2.05, 4.69) is 34.9 Å². The highest BCUT2D eigenvalue weighted by molar-refractivity contribution is 6.02. The predicted molar refractivity (Wildman–Crippen MR) is 113 cm³/mol. The van der Waals surface area contributed by atoms with Gasteiger partial charge in [0.2, 0.25) is 0 Å². The number of hydrogen-bond donors (Lipinski definition) is 3. The van der Waals surface area contributed by atoms with Crippen LogP contribution >= 0.6 is 0 Å². The molecule has 0 amide bonds. The third-order valence-electron chi connectivity index (χ3n) is 4.67. The van der Waals surface area contributed by atoms with Crippen LogP contribution in [0.4, 0.5) is 11.4 Å². The van der Waals surface area contributed by atoms with Crippen LogP contribution in [-0.4, -0.2) is 5.11 Å². The van der Waals surface area contributed by atoms with Crippen LogP contribution < -0.4 is 10.6 Å². The van der Waals surface area contributed by atoms with Gasteiger partial charge in [-0.3, -0.25) is 0 Å². The Labute approximate surface area is 159 Å². The molecular weight excluding hydrogens is 332 g/mol. The number of hydrogen-bond acceptors (Lipinski definition) is 3. The average Bonchev–Trinajstić information content (AvgIpc) is 2.74. The number of aromatic hydroxyl groups is 1. The molecule has 0 radical (unpaired) electrons. The van der Waals surface area contributed by atoms with Crippen molar-refractivity contribution in [3.63, 3.8) is 0 Å². The molecule has 3 heteroatoms. The van der Waals surface area contributed by atoms with Crippen molar-refractivity contribution in [1.29, 1.82) is 0 Å². The minimum atomic E-state index is 0.284. The smallest absolute Gasteiger partial charge is 0.146 e. The van der Waals surface area contributed by atoms with E-state index in [1.165, 1.54) is 11.1 Å². The fourth-order valence-corrected chi connectivity index (χ4v) is 3.23. The van der Waals surface area contributed by atoms with Crippen LogP contribution in [0, 0.1) is 0 Å². The molecule has 134 valence electrons. The fourth-order valence-electron chi connectivity index (χ4n) is 3.23. The van der Waals surface area contributed by atoms with Crippen LogP contribution in [-0.2, 0) is 13.1 Å². The number of rotatable bonds is 6. The van der Waals surface area contributed by atoms with Crippen LogP contribution in [0.15, 0.2) is 91.0 Å². The highest BCUT2D eigenvalue weighted by atomic mass is 16.3. The summed E-state index contributed by atoms with van der Waals surface area (Å²) in [4.78, 5) is 0. The first-order chi connectivity index (χ1) is 13.3. The number of phenolic OH excluding ortho intramolecular Hbond substituents is 1. The molecule has 0 atom stereocenters. The lowest BCUT2D eigenvalue weighted by Crippen LogP contribution is -2.03. The highest BCUT2D eigenvalue weighted by Crippen LogP contribution is 2.38. The second-order valence-electron chi connectivity index (χ2n) is 6.54. The van der Waals surface area contributed by atoms with Gasteiger partial charge in [-0.1, -0.05) is 84.9 Å². The van der Waals surface area contributed by atoms with E-state index in [0.717, 1.165) is 28.7 Å². The molecule has 0 aliphatic heterocycles. The van der Waals surface area contributed by atoms with Crippen molar-refractivity contribution in [3.8, 4) is 5.75 Å². The third kappa shape index (κ3) is 3.87. The fraction of sp³-hybridized carbons (Fsp3) is 0.0833. The van der Waals surface area contributed by atoms with E-state index in [1.54, 1.807) is 0 Å². The first kappa shape index (κ1) is 17.0. The maximum absolute atomic E-state index is 10.7. The second-order valence-corrected chi connectivity index (χ2v) is 6.54. The Bertz CT molecular complexity index is 1030. The number of phenols is 1. The van der Waals surface area contributed by atoms with Gasteiger partial charge >= 0.3 is 0 Å². The van der Waals surface area contributed by atoms with Crippen molar-refractivity contribution in [2.45, 2.75) is 13.1 Å². The Hall–Kier alpha value is -3.46. The minimum Gasteiger partial charge on any atom is -0.505 e. The first-order valence-electron chi connectivity index (χ1n) is 9.11. The van der Waals surface area contributed by atoms with Gasteiger partial charge in [0.05, 0.1) is 5.69 Å². The molecular formula is C24H22N2O. The zero-order valence-electron chi connectivity index (χ0n) is 15.0. The van der Waals surface area contributed by atoms with Crippen LogP contribution in [0.3, 0.4) is 0 Å². The van der Waals surface area contributed by atoms with Gasteiger partial charge in [-0.05, 0) is 17.2 Å². The molecule has 0 heterocycles. The van der Waals surface area contributed by atoms with Crippen molar-refractivity contribution < 1.29 is 5.11 Å². The summed E-state index contributed by atoms with van der Waals surface area (Å²) in [6.45, 7) is 1.39. The molecule has 0 aromatic heterocycles. The molecule has 0 unspecified atom stereocenters. The Morgan fingerprint density at radius 2 is 1.04 bits per heavy atom. The summed E-state index contributed by atoms with van der Waals surface area (Å²) in [7, 11) is 0. The normalized spacial score (nSPS) is 10.7. The zero-order valence-corrected chi connectivity index (χ0v) is 15.0. The maximum atomic E-state index is 10.7. The van der Waals surface area contributed by atoms with E-state index in [4.69, 9.17) is 0 Å². The minimum absolute atomic E-state index is 0.284. The molecule has 4 aromatic rings. The molecule has 3 N–H and O–H groups in total. The number of fused-ring (bicyclic) bond motifs is 1. The molecule has 0 aliphatic rings. The molecule has 0 fully saturated rings. The zero-order chi connectivity index (χ0) is 18.5. The van der Waals surface area contributed by atoms with E-state index in [-0.39, 0.29) is 5.75 Å². The van der Waals surface area contributed by atoms with Gasteiger partial charge in [-0.2, -0.15) is 0 Å². The summed E-state index contributed by atoms with van der Waals surface area (Å²) < 4.78 is 0. The lowest BCUT2D eigenvalue weighted by atomic mass is 10.1. The van der Waals surface area contributed by atoms with Crippen molar-refractivity contribution in [1.82, 2.24) is 0 Å². The van der Waals surface area contributed by atoms with Crippen LogP contribution in [0.2, 0.25) is 0 Å². The summed E-state index contributed by atoms with van der Waals surface area (Å²) >= 11 is 0. The SMILES string of the molecule is Oc1c(NCc2ccccc2)cc(NCc2ccccc2)c2ccccc12. The lowest BCUT2D eigenvalue weighted by molar-refractivity contribution is 0.483. The monoisotopic (exact) mass is 354 g/mol. The summed E-state index contributed by atoms with van der Waals surface area (Å²) in [5.41, 5.74) is 4.12. The number of anilines is 2. The molecule has 0 spiro atoms. The average molecular weight is 354 g/mol. The third-order valence-corrected chi connectivity index (χ3v) is 4.67. The Kier molecular flexibility index (Phi) is 4.93. The number of nitrogens with one attached hydrogen (secondary N) is 2. The van der Waals surface area contributed by atoms with E-state index in [0.29, 0.717) is 6.54 Å². The summed E-state index contributed by atoms with van der Waals surface area (Å²) in [6, 6.07) is 30.4.